The molecule has 0 aliphatic carbocycles. The summed E-state index contributed by atoms with van der Waals surface area (Å²) >= 11 is 0. The highest BCUT2D eigenvalue weighted by atomic mass is 127. The Labute approximate surface area is 171 Å². The summed E-state index contributed by atoms with van der Waals surface area (Å²) in [6.07, 6.45) is 4.75. The summed E-state index contributed by atoms with van der Waals surface area (Å²) in [5.74, 6) is 1.37. The van der Waals surface area contributed by atoms with E-state index < -0.39 is 0 Å². The summed E-state index contributed by atoms with van der Waals surface area (Å²) < 4.78 is 7.49. The molecule has 2 heterocycles. The Bertz CT molecular complexity index is 745. The van der Waals surface area contributed by atoms with Gasteiger partial charge in [-0.05, 0) is 20.2 Å². The normalized spacial score (nSPS) is 17.8. The molecule has 1 aliphatic heterocycles. The number of halogens is 1. The predicted octanol–water partition coefficient (Wildman–Crippen LogP) is 2.07. The topological polar surface area (TPSA) is 80.7 Å². The third-order valence-electron chi connectivity index (χ3n) is 4.45. The maximum atomic E-state index is 6.15. The molecule has 3 rings (SSSR count). The van der Waals surface area contributed by atoms with E-state index in [1.807, 2.05) is 51.7 Å². The lowest BCUT2D eigenvalue weighted by molar-refractivity contribution is 0.262. The second-order valence-electron chi connectivity index (χ2n) is 6.52. The third kappa shape index (κ3) is 4.88. The van der Waals surface area contributed by atoms with Crippen molar-refractivity contribution in [3.8, 4) is 5.75 Å². The summed E-state index contributed by atoms with van der Waals surface area (Å²) in [5, 5.41) is 7.58. The first-order valence-electron chi connectivity index (χ1n) is 8.47. The van der Waals surface area contributed by atoms with Crippen molar-refractivity contribution in [1.82, 2.24) is 20.0 Å². The van der Waals surface area contributed by atoms with Crippen LogP contribution in [0.25, 0.3) is 0 Å². The highest BCUT2D eigenvalue weighted by Gasteiger charge is 2.21. The van der Waals surface area contributed by atoms with Crippen LogP contribution in [0, 0.1) is 0 Å². The van der Waals surface area contributed by atoms with Gasteiger partial charge in [-0.1, -0.05) is 18.2 Å². The molecule has 26 heavy (non-hydrogen) atoms. The van der Waals surface area contributed by atoms with Gasteiger partial charge in [-0.15, -0.1) is 24.0 Å². The number of nitrogens with two attached hydrogens (primary N) is 1. The smallest absolute Gasteiger partial charge is 0.189 e. The van der Waals surface area contributed by atoms with Gasteiger partial charge in [0.15, 0.2) is 5.96 Å². The van der Waals surface area contributed by atoms with Crippen molar-refractivity contribution in [2.45, 2.75) is 18.5 Å². The fraction of sp³-hybridized carbons (Fsp3) is 0.444. The van der Waals surface area contributed by atoms with Gasteiger partial charge in [0.25, 0.3) is 0 Å². The summed E-state index contributed by atoms with van der Waals surface area (Å²) in [5.41, 5.74) is 8.41. The van der Waals surface area contributed by atoms with E-state index in [9.17, 15) is 0 Å². The Morgan fingerprint density at radius 2 is 2.23 bits per heavy atom. The number of nitrogens with zero attached hydrogens (tertiary/aromatic N) is 4. The zero-order valence-corrected chi connectivity index (χ0v) is 17.8. The molecule has 1 aromatic carbocycles. The highest BCUT2D eigenvalue weighted by molar-refractivity contribution is 14.0. The molecule has 2 atom stereocenters. The van der Waals surface area contributed by atoms with Crippen LogP contribution in [0.1, 0.15) is 29.6 Å². The van der Waals surface area contributed by atoms with Gasteiger partial charge in [-0.25, -0.2) is 0 Å². The Kier molecular flexibility index (Phi) is 7.27. The first-order chi connectivity index (χ1) is 12.0. The Hall–Kier alpha value is -1.81. The van der Waals surface area contributed by atoms with Crippen LogP contribution in [-0.2, 0) is 7.05 Å². The number of nitrogens with one attached hydrogen (secondary N) is 1. The molecule has 3 N–H and O–H groups in total. The van der Waals surface area contributed by atoms with E-state index in [-0.39, 0.29) is 36.1 Å². The molecule has 1 aromatic heterocycles. The largest absolute Gasteiger partial charge is 0.493 e. The van der Waals surface area contributed by atoms with Crippen LogP contribution >= 0.6 is 24.0 Å². The van der Waals surface area contributed by atoms with E-state index in [1.54, 1.807) is 4.68 Å². The Balaban J connectivity index is 0.00000243. The highest BCUT2D eigenvalue weighted by Crippen LogP contribution is 2.31. The monoisotopic (exact) mass is 470 g/mol. The van der Waals surface area contributed by atoms with Crippen LogP contribution < -0.4 is 15.8 Å². The van der Waals surface area contributed by atoms with Crippen LogP contribution in [0.4, 0.5) is 0 Å². The number of guanidine groups is 1. The molecule has 7 nitrogen and oxygen atoms in total. The molecule has 0 bridgehead atoms. The quantitative estimate of drug-likeness (QED) is 0.398. The number of rotatable bonds is 5. The molecular formula is C18H27IN6O. The second kappa shape index (κ2) is 9.22. The predicted molar refractivity (Wildman–Crippen MR) is 114 cm³/mol. The SMILES string of the molecule is CN(C)C(CN=C(N)NC1CCOc2ccccc21)c1cnn(C)c1.I. The number of hydrogen-bond donors (Lipinski definition) is 2. The summed E-state index contributed by atoms with van der Waals surface area (Å²) in [6, 6.07) is 8.31. The van der Waals surface area contributed by atoms with Crippen molar-refractivity contribution < 1.29 is 4.74 Å². The number of para-hydroxylation sites is 1. The fourth-order valence-electron chi connectivity index (χ4n) is 3.08. The molecule has 0 fully saturated rings. The molecule has 2 aromatic rings. The van der Waals surface area contributed by atoms with Gasteiger partial charge in [-0.2, -0.15) is 5.10 Å². The zero-order valence-electron chi connectivity index (χ0n) is 15.4. The van der Waals surface area contributed by atoms with Gasteiger partial charge in [0.1, 0.15) is 5.75 Å². The first-order valence-corrected chi connectivity index (χ1v) is 8.47. The molecule has 142 valence electrons. The number of hydrogen-bond acceptors (Lipinski definition) is 4. The molecule has 0 radical (unpaired) electrons. The van der Waals surface area contributed by atoms with Crippen molar-refractivity contribution >= 4 is 29.9 Å². The van der Waals surface area contributed by atoms with Crippen molar-refractivity contribution in [2.75, 3.05) is 27.2 Å². The van der Waals surface area contributed by atoms with E-state index in [1.165, 1.54) is 0 Å². The van der Waals surface area contributed by atoms with Gasteiger partial charge in [-0.3, -0.25) is 9.67 Å². The minimum absolute atomic E-state index is 0. The standard InChI is InChI=1S/C18H26N6O.HI/c1-23(2)16(13-10-21-24(3)12-13)11-20-18(19)22-15-8-9-25-17-7-5-4-6-14(15)17;/h4-7,10,12,15-16H,8-9,11H2,1-3H3,(H3,19,20,22);1H. The summed E-state index contributed by atoms with van der Waals surface area (Å²) in [7, 11) is 5.98. The van der Waals surface area contributed by atoms with E-state index in [4.69, 9.17) is 10.5 Å². The molecule has 0 saturated carbocycles. The van der Waals surface area contributed by atoms with Crippen molar-refractivity contribution in [3.63, 3.8) is 0 Å². The lowest BCUT2D eigenvalue weighted by Gasteiger charge is -2.27. The minimum Gasteiger partial charge on any atom is -0.493 e. The third-order valence-corrected chi connectivity index (χ3v) is 4.45. The lowest BCUT2D eigenvalue weighted by atomic mass is 10.0. The number of fused-ring (bicyclic) bond motifs is 1. The van der Waals surface area contributed by atoms with Gasteiger partial charge >= 0.3 is 0 Å². The summed E-state index contributed by atoms with van der Waals surface area (Å²) in [6.45, 7) is 1.25. The van der Waals surface area contributed by atoms with Crippen molar-refractivity contribution in [1.29, 1.82) is 0 Å². The Morgan fingerprint density at radius 1 is 1.46 bits per heavy atom. The van der Waals surface area contributed by atoms with Crippen molar-refractivity contribution in [3.05, 3.63) is 47.8 Å². The molecular weight excluding hydrogens is 443 g/mol. The molecule has 0 saturated heterocycles. The average molecular weight is 470 g/mol. The number of aromatic nitrogens is 2. The van der Waals surface area contributed by atoms with Gasteiger partial charge < -0.3 is 20.7 Å². The number of benzene rings is 1. The molecule has 0 amide bonds. The van der Waals surface area contributed by atoms with E-state index in [0.29, 0.717) is 19.1 Å². The molecule has 0 spiro atoms. The number of ether oxygens (including phenoxy) is 1. The van der Waals surface area contributed by atoms with Crippen molar-refractivity contribution in [2.24, 2.45) is 17.8 Å². The van der Waals surface area contributed by atoms with Crippen LogP contribution in [0.5, 0.6) is 5.75 Å². The molecule has 2 unspecified atom stereocenters. The summed E-state index contributed by atoms with van der Waals surface area (Å²) in [4.78, 5) is 6.68. The fourth-order valence-corrected chi connectivity index (χ4v) is 3.08. The average Bonchev–Trinajstić information content (AvgIpc) is 3.01. The number of likely N-dealkylation sites (N-methyl/N-ethyl adjacent to an activating group) is 1. The maximum Gasteiger partial charge on any atom is 0.189 e. The van der Waals surface area contributed by atoms with Gasteiger partial charge in [0, 0.05) is 30.8 Å². The van der Waals surface area contributed by atoms with Gasteiger partial charge in [0.2, 0.25) is 0 Å². The van der Waals surface area contributed by atoms with Crippen LogP contribution in [0.3, 0.4) is 0 Å². The van der Waals surface area contributed by atoms with Crippen LogP contribution in [0.2, 0.25) is 0 Å². The maximum absolute atomic E-state index is 6.15. The van der Waals surface area contributed by atoms with Crippen LogP contribution in [-0.4, -0.2) is 47.9 Å². The first kappa shape index (κ1) is 20.5. The molecule has 8 heteroatoms. The number of aryl methyl sites for hydroxylation is 1. The van der Waals surface area contributed by atoms with E-state index >= 15 is 0 Å². The molecule has 1 aliphatic rings. The van der Waals surface area contributed by atoms with Gasteiger partial charge in [0.05, 0.1) is 31.4 Å². The lowest BCUT2D eigenvalue weighted by Crippen LogP contribution is -2.38. The second-order valence-corrected chi connectivity index (χ2v) is 6.52. The van der Waals surface area contributed by atoms with Crippen LogP contribution in [0.15, 0.2) is 41.7 Å². The van der Waals surface area contributed by atoms with E-state index in [2.05, 4.69) is 26.4 Å². The van der Waals surface area contributed by atoms with E-state index in [0.717, 1.165) is 23.3 Å². The number of aliphatic imine (C=N–C) groups is 1. The Morgan fingerprint density at radius 3 is 2.92 bits per heavy atom. The minimum atomic E-state index is 0. The zero-order chi connectivity index (χ0) is 17.8.